The molecule has 0 heterocycles. The maximum Gasteiger partial charge on any atom is 0.232 e. The molecule has 0 aliphatic heterocycles. The molecule has 0 spiro atoms. The Bertz CT molecular complexity index is 950. The smallest absolute Gasteiger partial charge is 0.232 e. The van der Waals surface area contributed by atoms with Gasteiger partial charge in [-0.2, -0.15) is 0 Å². The fourth-order valence-corrected chi connectivity index (χ4v) is 3.94. The molecule has 0 saturated heterocycles. The quantitative estimate of drug-likeness (QED) is 0.605. The monoisotopic (exact) mass is 440 g/mol. The van der Waals surface area contributed by atoms with E-state index in [4.69, 9.17) is 21.1 Å². The number of nitrogens with zero attached hydrogens (tertiary/aromatic N) is 1. The van der Waals surface area contributed by atoms with Crippen LogP contribution in [0.1, 0.15) is 19.8 Å². The number of hydrogen-bond donors (Lipinski definition) is 1. The van der Waals surface area contributed by atoms with Crippen LogP contribution in [0, 0.1) is 0 Å². The summed E-state index contributed by atoms with van der Waals surface area (Å²) in [5.41, 5.74) is 1.05. The van der Waals surface area contributed by atoms with Crippen molar-refractivity contribution in [1.82, 2.24) is 0 Å². The molecule has 0 aromatic heterocycles. The highest BCUT2D eigenvalue weighted by Crippen LogP contribution is 2.30. The Labute approximate surface area is 176 Å². The molecule has 2 aromatic carbocycles. The molecule has 0 atom stereocenters. The first-order valence-electron chi connectivity index (χ1n) is 9.08. The zero-order valence-corrected chi connectivity index (χ0v) is 18.2. The lowest BCUT2D eigenvalue weighted by atomic mass is 10.2. The van der Waals surface area contributed by atoms with Crippen molar-refractivity contribution in [3.8, 4) is 11.5 Å². The van der Waals surface area contributed by atoms with Gasteiger partial charge in [-0.3, -0.25) is 9.10 Å². The van der Waals surface area contributed by atoms with Crippen LogP contribution in [-0.2, 0) is 14.8 Å². The van der Waals surface area contributed by atoms with Crippen LogP contribution in [0.25, 0.3) is 0 Å². The van der Waals surface area contributed by atoms with Crippen molar-refractivity contribution in [2.24, 2.45) is 0 Å². The molecule has 0 unspecified atom stereocenters. The second-order valence-electron chi connectivity index (χ2n) is 6.27. The minimum Gasteiger partial charge on any atom is -0.495 e. The number of rotatable bonds is 10. The maximum absolute atomic E-state index is 12.2. The van der Waals surface area contributed by atoms with Crippen molar-refractivity contribution in [2.45, 2.75) is 19.8 Å². The Morgan fingerprint density at radius 1 is 1.21 bits per heavy atom. The van der Waals surface area contributed by atoms with Crippen LogP contribution in [0.3, 0.4) is 0 Å². The van der Waals surface area contributed by atoms with Gasteiger partial charge >= 0.3 is 0 Å². The number of methoxy groups -OCH3 is 1. The summed E-state index contributed by atoms with van der Waals surface area (Å²) in [6.07, 6.45) is 1.62. The number of carbonyl (C=O) groups is 1. The lowest BCUT2D eigenvalue weighted by molar-refractivity contribution is -0.116. The predicted molar refractivity (Wildman–Crippen MR) is 116 cm³/mol. The highest BCUT2D eigenvalue weighted by Gasteiger charge is 2.19. The third kappa shape index (κ3) is 6.83. The third-order valence-electron chi connectivity index (χ3n) is 4.02. The summed E-state index contributed by atoms with van der Waals surface area (Å²) in [5.74, 6) is 0.919. The van der Waals surface area contributed by atoms with Crippen molar-refractivity contribution < 1.29 is 22.7 Å². The Balaban J connectivity index is 1.99. The Kier molecular flexibility index (Phi) is 8.16. The van der Waals surface area contributed by atoms with Crippen LogP contribution in [0.2, 0.25) is 5.02 Å². The van der Waals surface area contributed by atoms with E-state index in [1.54, 1.807) is 30.3 Å². The zero-order chi connectivity index (χ0) is 21.4. The first-order valence-corrected chi connectivity index (χ1v) is 11.3. The molecule has 29 heavy (non-hydrogen) atoms. The molecule has 0 aliphatic rings. The van der Waals surface area contributed by atoms with E-state index >= 15 is 0 Å². The summed E-state index contributed by atoms with van der Waals surface area (Å²) in [6, 6.07) is 11.9. The molecule has 2 rings (SSSR count). The van der Waals surface area contributed by atoms with E-state index in [0.717, 1.165) is 6.26 Å². The third-order valence-corrected chi connectivity index (χ3v) is 5.51. The van der Waals surface area contributed by atoms with Crippen LogP contribution in [0.5, 0.6) is 11.5 Å². The number of carbonyl (C=O) groups excluding carboxylic acids is 1. The number of benzene rings is 2. The van der Waals surface area contributed by atoms with E-state index in [9.17, 15) is 13.2 Å². The van der Waals surface area contributed by atoms with Gasteiger partial charge in [-0.25, -0.2) is 8.42 Å². The predicted octanol–water partition coefficient (Wildman–Crippen LogP) is 3.93. The minimum absolute atomic E-state index is 0.147. The van der Waals surface area contributed by atoms with E-state index in [-0.39, 0.29) is 18.9 Å². The normalized spacial score (nSPS) is 11.0. The highest BCUT2D eigenvalue weighted by atomic mass is 35.5. The van der Waals surface area contributed by atoms with Crippen molar-refractivity contribution in [1.29, 1.82) is 0 Å². The minimum atomic E-state index is -3.54. The van der Waals surface area contributed by atoms with Crippen molar-refractivity contribution in [3.05, 3.63) is 47.5 Å². The van der Waals surface area contributed by atoms with Crippen molar-refractivity contribution in [2.75, 3.05) is 36.1 Å². The van der Waals surface area contributed by atoms with Gasteiger partial charge in [0.25, 0.3) is 0 Å². The molecule has 9 heteroatoms. The number of sulfonamides is 1. The number of amides is 1. The lowest BCUT2D eigenvalue weighted by Gasteiger charge is -2.23. The number of anilines is 2. The molecule has 0 saturated carbocycles. The molecule has 1 N–H and O–H groups in total. The molecule has 0 aliphatic carbocycles. The summed E-state index contributed by atoms with van der Waals surface area (Å²) in [6.45, 7) is 2.57. The van der Waals surface area contributed by atoms with Crippen LogP contribution >= 0.6 is 11.6 Å². The standard InChI is InChI=1S/C20H25ClN2O5S/c1-4-28-17-8-5-7-15(13-17)22-20(24)9-6-12-23(29(3,25)26)16-10-11-19(27-2)18(21)14-16/h5,7-8,10-11,13-14H,4,6,9,12H2,1-3H3,(H,22,24). The average Bonchev–Trinajstić information content (AvgIpc) is 2.65. The van der Waals surface area contributed by atoms with Gasteiger partial charge in [0.05, 0.1) is 30.7 Å². The topological polar surface area (TPSA) is 84.9 Å². The number of ether oxygens (including phenoxy) is 2. The molecular formula is C20H25ClN2O5S. The lowest BCUT2D eigenvalue weighted by Crippen LogP contribution is -2.31. The summed E-state index contributed by atoms with van der Waals surface area (Å²) >= 11 is 6.11. The number of hydrogen-bond acceptors (Lipinski definition) is 5. The largest absolute Gasteiger partial charge is 0.495 e. The SMILES string of the molecule is CCOc1cccc(NC(=O)CCCN(c2ccc(OC)c(Cl)c2)S(C)(=O)=O)c1. The molecular weight excluding hydrogens is 416 g/mol. The number of nitrogens with one attached hydrogen (secondary N) is 1. The second kappa shape index (κ2) is 10.4. The first kappa shape index (κ1) is 22.8. The summed E-state index contributed by atoms with van der Waals surface area (Å²) in [5, 5.41) is 3.10. The average molecular weight is 441 g/mol. The van der Waals surface area contributed by atoms with Crippen LogP contribution in [0.15, 0.2) is 42.5 Å². The first-order chi connectivity index (χ1) is 13.7. The number of halogens is 1. The Hall–Kier alpha value is -2.45. The molecule has 0 bridgehead atoms. The van der Waals surface area contributed by atoms with Gasteiger partial charge in [0.2, 0.25) is 15.9 Å². The molecule has 158 valence electrons. The maximum atomic E-state index is 12.2. The van der Waals surface area contributed by atoms with Crippen LogP contribution < -0.4 is 19.1 Å². The van der Waals surface area contributed by atoms with E-state index in [2.05, 4.69) is 5.32 Å². The van der Waals surface area contributed by atoms with E-state index in [1.165, 1.54) is 17.5 Å². The van der Waals surface area contributed by atoms with Crippen LogP contribution in [-0.4, -0.2) is 40.8 Å². The second-order valence-corrected chi connectivity index (χ2v) is 8.58. The van der Waals surface area contributed by atoms with Gasteiger partial charge in [0.1, 0.15) is 11.5 Å². The van der Waals surface area contributed by atoms with E-state index in [0.29, 0.717) is 40.9 Å². The fourth-order valence-electron chi connectivity index (χ4n) is 2.73. The highest BCUT2D eigenvalue weighted by molar-refractivity contribution is 7.92. The summed E-state index contributed by atoms with van der Waals surface area (Å²) in [7, 11) is -2.05. The van der Waals surface area contributed by atoms with Gasteiger partial charge in [0.15, 0.2) is 0 Å². The van der Waals surface area contributed by atoms with Crippen molar-refractivity contribution >= 4 is 38.9 Å². The molecule has 2 aromatic rings. The molecule has 0 radical (unpaired) electrons. The summed E-state index contributed by atoms with van der Waals surface area (Å²) < 4.78 is 36.1. The van der Waals surface area contributed by atoms with Gasteiger partial charge in [-0.1, -0.05) is 17.7 Å². The Morgan fingerprint density at radius 2 is 1.97 bits per heavy atom. The fraction of sp³-hybridized carbons (Fsp3) is 0.350. The molecule has 7 nitrogen and oxygen atoms in total. The summed E-state index contributed by atoms with van der Waals surface area (Å²) in [4.78, 5) is 12.2. The van der Waals surface area contributed by atoms with Gasteiger partial charge in [0, 0.05) is 24.7 Å². The van der Waals surface area contributed by atoms with Crippen LogP contribution in [0.4, 0.5) is 11.4 Å². The van der Waals surface area contributed by atoms with Gasteiger partial charge in [-0.15, -0.1) is 0 Å². The van der Waals surface area contributed by atoms with E-state index < -0.39 is 10.0 Å². The molecule has 1 amide bonds. The zero-order valence-electron chi connectivity index (χ0n) is 16.6. The van der Waals surface area contributed by atoms with Gasteiger partial charge < -0.3 is 14.8 Å². The van der Waals surface area contributed by atoms with Gasteiger partial charge in [-0.05, 0) is 43.7 Å². The van der Waals surface area contributed by atoms with E-state index in [1.807, 2.05) is 13.0 Å². The van der Waals surface area contributed by atoms with Crippen molar-refractivity contribution in [3.63, 3.8) is 0 Å². The Morgan fingerprint density at radius 3 is 2.59 bits per heavy atom. The molecule has 0 fully saturated rings.